The number of ether oxygens (including phenoxy) is 1. The number of aliphatic hydroxyl groups is 1. The molecule has 0 fully saturated rings. The van der Waals surface area contributed by atoms with Crippen LogP contribution in [-0.4, -0.2) is 30.6 Å². The molecule has 2 aromatic rings. The van der Waals surface area contributed by atoms with E-state index in [9.17, 15) is 27.9 Å². The van der Waals surface area contributed by atoms with Crippen molar-refractivity contribution in [3.8, 4) is 5.75 Å². The van der Waals surface area contributed by atoms with Crippen molar-refractivity contribution >= 4 is 17.5 Å². The summed E-state index contributed by atoms with van der Waals surface area (Å²) in [5.41, 5.74) is -0.292. The third kappa shape index (κ3) is 5.71. The number of amides is 2. The molecule has 0 aliphatic rings. The van der Waals surface area contributed by atoms with Crippen molar-refractivity contribution in [2.75, 3.05) is 19.0 Å². The van der Waals surface area contributed by atoms with E-state index in [1.54, 1.807) is 24.3 Å². The fourth-order valence-electron chi connectivity index (χ4n) is 2.14. The number of benzene rings is 2. The Labute approximate surface area is 153 Å². The minimum Gasteiger partial charge on any atom is -0.497 e. The summed E-state index contributed by atoms with van der Waals surface area (Å²) in [6.45, 7) is -0.333. The molecular formula is C18H17F3N2O4. The van der Waals surface area contributed by atoms with Crippen LogP contribution in [0.1, 0.15) is 17.2 Å². The molecule has 0 aliphatic carbocycles. The number of carbonyl (C=O) groups excluding carboxylic acids is 2. The monoisotopic (exact) mass is 382 g/mol. The second kappa shape index (κ2) is 8.54. The number of anilines is 1. The molecule has 0 aromatic heterocycles. The number of rotatable bonds is 5. The lowest BCUT2D eigenvalue weighted by Crippen LogP contribution is -2.37. The number of hydrogen-bond acceptors (Lipinski definition) is 4. The molecule has 0 saturated carbocycles. The van der Waals surface area contributed by atoms with Crippen LogP contribution in [0.15, 0.2) is 48.5 Å². The first-order valence-electron chi connectivity index (χ1n) is 7.79. The highest BCUT2D eigenvalue weighted by Gasteiger charge is 2.30. The molecule has 2 aromatic carbocycles. The molecule has 0 spiro atoms. The maximum atomic E-state index is 12.5. The molecular weight excluding hydrogens is 365 g/mol. The van der Waals surface area contributed by atoms with E-state index in [-0.39, 0.29) is 12.1 Å². The van der Waals surface area contributed by atoms with Gasteiger partial charge in [0.15, 0.2) is 0 Å². The summed E-state index contributed by atoms with van der Waals surface area (Å²) in [7, 11) is 1.49. The van der Waals surface area contributed by atoms with Crippen LogP contribution in [0.3, 0.4) is 0 Å². The number of methoxy groups -OCH3 is 1. The van der Waals surface area contributed by atoms with Gasteiger partial charge in [0.25, 0.3) is 0 Å². The zero-order valence-corrected chi connectivity index (χ0v) is 14.2. The van der Waals surface area contributed by atoms with E-state index in [4.69, 9.17) is 4.74 Å². The Morgan fingerprint density at radius 3 is 2.15 bits per heavy atom. The topological polar surface area (TPSA) is 87.7 Å². The molecule has 144 valence electrons. The van der Waals surface area contributed by atoms with E-state index < -0.39 is 29.7 Å². The summed E-state index contributed by atoms with van der Waals surface area (Å²) in [6.07, 6.45) is -5.73. The average Bonchev–Trinajstić information content (AvgIpc) is 2.65. The summed E-state index contributed by atoms with van der Waals surface area (Å²) >= 11 is 0. The van der Waals surface area contributed by atoms with Gasteiger partial charge in [0.05, 0.1) is 18.8 Å². The quantitative estimate of drug-likeness (QED) is 0.694. The maximum Gasteiger partial charge on any atom is 0.416 e. The first kappa shape index (κ1) is 20.2. The highest BCUT2D eigenvalue weighted by molar-refractivity contribution is 6.39. The normalized spacial score (nSPS) is 12.2. The molecule has 0 heterocycles. The van der Waals surface area contributed by atoms with Crippen LogP contribution in [0.25, 0.3) is 0 Å². The minimum atomic E-state index is -4.47. The molecule has 1 unspecified atom stereocenters. The van der Waals surface area contributed by atoms with Crippen molar-refractivity contribution in [2.24, 2.45) is 0 Å². The van der Waals surface area contributed by atoms with E-state index in [0.717, 1.165) is 24.3 Å². The van der Waals surface area contributed by atoms with E-state index in [1.807, 2.05) is 0 Å². The van der Waals surface area contributed by atoms with Gasteiger partial charge in [-0.2, -0.15) is 13.2 Å². The van der Waals surface area contributed by atoms with Crippen LogP contribution in [0.2, 0.25) is 0 Å². The van der Waals surface area contributed by atoms with Gasteiger partial charge < -0.3 is 20.5 Å². The lowest BCUT2D eigenvalue weighted by Gasteiger charge is -2.13. The van der Waals surface area contributed by atoms with Crippen LogP contribution >= 0.6 is 0 Å². The molecule has 0 radical (unpaired) electrons. The van der Waals surface area contributed by atoms with Crippen molar-refractivity contribution in [3.63, 3.8) is 0 Å². The zero-order chi connectivity index (χ0) is 20.0. The van der Waals surface area contributed by atoms with Gasteiger partial charge in [-0.3, -0.25) is 9.59 Å². The summed E-state index contributed by atoms with van der Waals surface area (Å²) in [5, 5.41) is 14.5. The fraction of sp³-hybridized carbons (Fsp3) is 0.222. The third-order valence-electron chi connectivity index (χ3n) is 3.63. The molecule has 27 heavy (non-hydrogen) atoms. The van der Waals surface area contributed by atoms with Crippen LogP contribution in [0, 0.1) is 0 Å². The van der Waals surface area contributed by atoms with E-state index >= 15 is 0 Å². The van der Waals surface area contributed by atoms with Gasteiger partial charge in [0, 0.05) is 12.2 Å². The summed E-state index contributed by atoms with van der Waals surface area (Å²) in [6, 6.07) is 10.2. The Hall–Kier alpha value is -3.07. The summed E-state index contributed by atoms with van der Waals surface area (Å²) in [5.74, 6) is -1.35. The second-order valence-corrected chi connectivity index (χ2v) is 5.53. The highest BCUT2D eigenvalue weighted by atomic mass is 19.4. The van der Waals surface area contributed by atoms with Crippen molar-refractivity contribution in [1.29, 1.82) is 0 Å². The molecule has 6 nitrogen and oxygen atoms in total. The van der Waals surface area contributed by atoms with Crippen molar-refractivity contribution in [3.05, 3.63) is 59.7 Å². The van der Waals surface area contributed by atoms with Gasteiger partial charge in [0.2, 0.25) is 0 Å². The molecule has 2 rings (SSSR count). The number of hydrogen-bond donors (Lipinski definition) is 3. The Morgan fingerprint density at radius 2 is 1.63 bits per heavy atom. The number of nitrogens with one attached hydrogen (secondary N) is 2. The lowest BCUT2D eigenvalue weighted by atomic mass is 10.1. The first-order valence-corrected chi connectivity index (χ1v) is 7.79. The average molecular weight is 382 g/mol. The predicted molar refractivity (Wildman–Crippen MR) is 91.0 cm³/mol. The minimum absolute atomic E-state index is 0.180. The van der Waals surface area contributed by atoms with Gasteiger partial charge in [0.1, 0.15) is 5.75 Å². The van der Waals surface area contributed by atoms with Crippen LogP contribution in [-0.2, 0) is 15.8 Å². The van der Waals surface area contributed by atoms with Gasteiger partial charge in [-0.15, -0.1) is 0 Å². The smallest absolute Gasteiger partial charge is 0.416 e. The largest absolute Gasteiger partial charge is 0.497 e. The molecule has 3 N–H and O–H groups in total. The van der Waals surface area contributed by atoms with Gasteiger partial charge in [-0.05, 0) is 42.0 Å². The Morgan fingerprint density at radius 1 is 1.04 bits per heavy atom. The number of halogens is 3. The summed E-state index contributed by atoms with van der Waals surface area (Å²) < 4.78 is 42.5. The van der Waals surface area contributed by atoms with E-state index in [1.165, 1.54) is 7.11 Å². The summed E-state index contributed by atoms with van der Waals surface area (Å²) in [4.78, 5) is 23.6. The maximum absolute atomic E-state index is 12.5. The van der Waals surface area contributed by atoms with Crippen molar-refractivity contribution in [1.82, 2.24) is 5.32 Å². The van der Waals surface area contributed by atoms with Gasteiger partial charge in [-0.25, -0.2) is 0 Å². The third-order valence-corrected chi connectivity index (χ3v) is 3.63. The van der Waals surface area contributed by atoms with Crippen molar-refractivity contribution < 1.29 is 32.6 Å². The molecule has 9 heteroatoms. The molecule has 1 atom stereocenters. The van der Waals surface area contributed by atoms with E-state index in [2.05, 4.69) is 10.6 Å². The van der Waals surface area contributed by atoms with Gasteiger partial charge in [-0.1, -0.05) is 12.1 Å². The number of aliphatic hydroxyl groups excluding tert-OH is 1. The van der Waals surface area contributed by atoms with Gasteiger partial charge >= 0.3 is 18.0 Å². The lowest BCUT2D eigenvalue weighted by molar-refractivity contribution is -0.137. The standard InChI is InChI=1S/C18H17F3N2O4/c1-27-14-8-6-13(7-9-14)23-17(26)16(25)22-10-15(24)11-2-4-12(5-3-11)18(19,20)21/h2-9,15,24H,10H2,1H3,(H,22,25)(H,23,26). The zero-order valence-electron chi connectivity index (χ0n) is 14.2. The van der Waals surface area contributed by atoms with E-state index in [0.29, 0.717) is 11.4 Å². The Bertz CT molecular complexity index is 790. The number of carbonyl (C=O) groups is 2. The van der Waals surface area contributed by atoms with Crippen LogP contribution < -0.4 is 15.4 Å². The Kier molecular flexibility index (Phi) is 6.40. The SMILES string of the molecule is COc1ccc(NC(=O)C(=O)NCC(O)c2ccc(C(F)(F)F)cc2)cc1. The van der Waals surface area contributed by atoms with Crippen molar-refractivity contribution in [2.45, 2.75) is 12.3 Å². The Balaban J connectivity index is 1.87. The van der Waals surface area contributed by atoms with Crippen LogP contribution in [0.5, 0.6) is 5.75 Å². The molecule has 0 aliphatic heterocycles. The molecule has 2 amide bonds. The fourth-order valence-corrected chi connectivity index (χ4v) is 2.14. The molecule has 0 bridgehead atoms. The first-order chi connectivity index (χ1) is 12.7. The predicted octanol–water partition coefficient (Wildman–Crippen LogP) is 2.50. The highest BCUT2D eigenvalue weighted by Crippen LogP contribution is 2.29. The second-order valence-electron chi connectivity index (χ2n) is 5.53. The van der Waals surface area contributed by atoms with Crippen LogP contribution in [0.4, 0.5) is 18.9 Å². The molecule has 0 saturated heterocycles. The number of alkyl halides is 3.